The zero-order valence-corrected chi connectivity index (χ0v) is 6.86. The first-order valence-electron chi connectivity index (χ1n) is 3.30. The van der Waals surface area contributed by atoms with E-state index in [1.807, 2.05) is 0 Å². The molecule has 0 aliphatic rings. The van der Waals surface area contributed by atoms with Crippen LogP contribution >= 0.6 is 0 Å². The molecule has 0 aromatic carbocycles. The molecule has 5 heteroatoms. The first-order valence-corrected chi connectivity index (χ1v) is 3.30. The van der Waals surface area contributed by atoms with Crippen LogP contribution in [0.1, 0.15) is 6.92 Å². The quantitative estimate of drug-likeness (QED) is 0.381. The van der Waals surface area contributed by atoms with Crippen LogP contribution in [0.3, 0.4) is 0 Å². The van der Waals surface area contributed by atoms with Crippen LogP contribution in [0.2, 0.25) is 0 Å². The highest BCUT2D eigenvalue weighted by atomic mass is 19.4. The second-order valence-electron chi connectivity index (χ2n) is 1.97. The number of hydrogen-bond donors (Lipinski definition) is 0. The first-order chi connectivity index (χ1) is 5.89. The smallest absolute Gasteiger partial charge is 0.406 e. The summed E-state index contributed by atoms with van der Waals surface area (Å²) in [6.45, 7) is 4.39. The van der Waals surface area contributed by atoms with Gasteiger partial charge in [0.05, 0.1) is 0 Å². The predicted molar refractivity (Wildman–Crippen MR) is 40.3 cm³/mol. The third kappa shape index (κ3) is 5.95. The van der Waals surface area contributed by atoms with Crippen molar-refractivity contribution in [3.8, 4) is 0 Å². The highest BCUT2D eigenvalue weighted by Gasteiger charge is 2.31. The highest BCUT2D eigenvalue weighted by Crippen LogP contribution is 2.22. The minimum absolute atomic E-state index is 0.598. The second-order valence-corrected chi connectivity index (χ2v) is 1.97. The Hall–Kier alpha value is -1.26. The molecule has 0 heterocycles. The summed E-state index contributed by atoms with van der Waals surface area (Å²) in [5.41, 5.74) is 0. The molecule has 0 aliphatic carbocycles. The van der Waals surface area contributed by atoms with E-state index in [-0.39, 0.29) is 0 Å². The molecule has 0 N–H and O–H groups in total. The summed E-state index contributed by atoms with van der Waals surface area (Å²) in [6.07, 6.45) is -2.45. The molecule has 0 amide bonds. The minimum Gasteiger partial charge on any atom is -0.406 e. The molecule has 1 nitrogen and oxygen atoms in total. The number of halogens is 4. The average molecular weight is 196 g/mol. The maximum Gasteiger partial charge on any atom is 0.573 e. The highest BCUT2D eigenvalue weighted by molar-refractivity contribution is 5.20. The van der Waals surface area contributed by atoms with E-state index in [1.165, 1.54) is 6.92 Å². The molecule has 0 aromatic heterocycles. The summed E-state index contributed by atoms with van der Waals surface area (Å²) in [7, 11) is 0. The topological polar surface area (TPSA) is 9.23 Å². The molecule has 0 saturated carbocycles. The van der Waals surface area contributed by atoms with Crippen LogP contribution in [0.5, 0.6) is 0 Å². The van der Waals surface area contributed by atoms with Gasteiger partial charge < -0.3 is 4.74 Å². The normalized spacial score (nSPS) is 14.2. The van der Waals surface area contributed by atoms with Crippen molar-refractivity contribution >= 4 is 0 Å². The molecule has 0 fully saturated rings. The van der Waals surface area contributed by atoms with Crippen molar-refractivity contribution in [1.82, 2.24) is 0 Å². The van der Waals surface area contributed by atoms with E-state index >= 15 is 0 Å². The molecule has 74 valence electrons. The SMILES string of the molecule is C=C/C(=C\C(F)=C/C)OC(F)(F)F. The lowest BCUT2D eigenvalue weighted by atomic mass is 10.4. The maximum atomic E-state index is 12.4. The lowest BCUT2D eigenvalue weighted by Gasteiger charge is -2.08. The summed E-state index contributed by atoms with van der Waals surface area (Å²) in [5.74, 6) is -1.50. The summed E-state index contributed by atoms with van der Waals surface area (Å²) < 4.78 is 50.6. The lowest BCUT2D eigenvalue weighted by Crippen LogP contribution is -2.11. The van der Waals surface area contributed by atoms with Gasteiger partial charge in [-0.05, 0) is 13.0 Å². The fourth-order valence-corrected chi connectivity index (χ4v) is 0.483. The van der Waals surface area contributed by atoms with E-state index in [0.717, 1.165) is 12.2 Å². The monoisotopic (exact) mass is 196 g/mol. The Morgan fingerprint density at radius 1 is 1.38 bits per heavy atom. The summed E-state index contributed by atoms with van der Waals surface area (Å²) in [6, 6.07) is 0. The maximum absolute atomic E-state index is 12.4. The minimum atomic E-state index is -4.83. The van der Waals surface area contributed by atoms with Gasteiger partial charge >= 0.3 is 6.36 Å². The molecule has 0 aromatic rings. The van der Waals surface area contributed by atoms with Gasteiger partial charge in [0.1, 0.15) is 11.6 Å². The van der Waals surface area contributed by atoms with Gasteiger partial charge in [-0.2, -0.15) is 0 Å². The number of ether oxygens (including phenoxy) is 1. The Morgan fingerprint density at radius 2 is 1.92 bits per heavy atom. The molecule has 0 spiro atoms. The molecule has 0 saturated heterocycles. The van der Waals surface area contributed by atoms with Crippen LogP contribution in [0.15, 0.2) is 36.4 Å². The van der Waals surface area contributed by atoms with Crippen LogP contribution in [-0.4, -0.2) is 6.36 Å². The van der Waals surface area contributed by atoms with E-state index in [2.05, 4.69) is 11.3 Å². The third-order valence-electron chi connectivity index (χ3n) is 0.991. The molecule has 0 rings (SSSR count). The van der Waals surface area contributed by atoms with Crippen LogP contribution in [-0.2, 0) is 4.74 Å². The van der Waals surface area contributed by atoms with Crippen molar-refractivity contribution in [2.24, 2.45) is 0 Å². The first kappa shape index (κ1) is 11.7. The average Bonchev–Trinajstić information content (AvgIpc) is 2.00. The van der Waals surface area contributed by atoms with Gasteiger partial charge in [0.15, 0.2) is 0 Å². The van der Waals surface area contributed by atoms with E-state index < -0.39 is 17.9 Å². The standard InChI is InChI=1S/C8H8F4O/c1-3-6(9)5-7(4-2)13-8(10,11)12/h3-5H,2H2,1H3/b6-3+,7-5+. The van der Waals surface area contributed by atoms with Crippen LogP contribution in [0.4, 0.5) is 17.6 Å². The van der Waals surface area contributed by atoms with E-state index in [4.69, 9.17) is 0 Å². The zero-order valence-electron chi connectivity index (χ0n) is 6.86. The Bertz CT molecular complexity index is 237. The molecular formula is C8H8F4O. The van der Waals surface area contributed by atoms with E-state index in [9.17, 15) is 17.6 Å². The summed E-state index contributed by atoms with van der Waals surface area (Å²) in [5, 5.41) is 0. The summed E-state index contributed by atoms with van der Waals surface area (Å²) >= 11 is 0. The van der Waals surface area contributed by atoms with Gasteiger partial charge in [-0.3, -0.25) is 0 Å². The Morgan fingerprint density at radius 3 is 2.23 bits per heavy atom. The molecule has 0 bridgehead atoms. The number of alkyl halides is 3. The van der Waals surface area contributed by atoms with Gasteiger partial charge in [-0.1, -0.05) is 12.7 Å². The van der Waals surface area contributed by atoms with Gasteiger partial charge in [0.25, 0.3) is 0 Å². The van der Waals surface area contributed by atoms with Crippen molar-refractivity contribution in [2.45, 2.75) is 13.3 Å². The number of rotatable bonds is 3. The van der Waals surface area contributed by atoms with Crippen LogP contribution in [0.25, 0.3) is 0 Å². The number of allylic oxidation sites excluding steroid dienone is 4. The van der Waals surface area contributed by atoms with Crippen molar-refractivity contribution < 1.29 is 22.3 Å². The van der Waals surface area contributed by atoms with Crippen molar-refractivity contribution in [3.63, 3.8) is 0 Å². The van der Waals surface area contributed by atoms with Crippen molar-refractivity contribution in [2.75, 3.05) is 0 Å². The molecular weight excluding hydrogens is 188 g/mol. The van der Waals surface area contributed by atoms with Crippen LogP contribution in [0, 0.1) is 0 Å². The van der Waals surface area contributed by atoms with E-state index in [1.54, 1.807) is 0 Å². The number of hydrogen-bond acceptors (Lipinski definition) is 1. The fourth-order valence-electron chi connectivity index (χ4n) is 0.483. The molecule has 13 heavy (non-hydrogen) atoms. The lowest BCUT2D eigenvalue weighted by molar-refractivity contribution is -0.303. The third-order valence-corrected chi connectivity index (χ3v) is 0.991. The largest absolute Gasteiger partial charge is 0.573 e. The van der Waals surface area contributed by atoms with E-state index in [0.29, 0.717) is 6.08 Å². The Labute approximate surface area is 73.0 Å². The Balaban J connectivity index is 4.53. The zero-order chi connectivity index (χ0) is 10.5. The van der Waals surface area contributed by atoms with Crippen LogP contribution < -0.4 is 0 Å². The van der Waals surface area contributed by atoms with Gasteiger partial charge in [-0.25, -0.2) is 4.39 Å². The van der Waals surface area contributed by atoms with Gasteiger partial charge in [0.2, 0.25) is 0 Å². The van der Waals surface area contributed by atoms with Crippen molar-refractivity contribution in [1.29, 1.82) is 0 Å². The molecule has 0 unspecified atom stereocenters. The predicted octanol–water partition coefficient (Wildman–Crippen LogP) is 3.47. The Kier molecular flexibility index (Phi) is 4.23. The molecule has 0 radical (unpaired) electrons. The second kappa shape index (κ2) is 4.69. The molecule has 0 atom stereocenters. The van der Waals surface area contributed by atoms with Gasteiger partial charge in [-0.15, -0.1) is 13.2 Å². The fraction of sp³-hybridized carbons (Fsp3) is 0.250. The van der Waals surface area contributed by atoms with Crippen molar-refractivity contribution in [3.05, 3.63) is 36.4 Å². The van der Waals surface area contributed by atoms with Gasteiger partial charge in [0, 0.05) is 6.08 Å². The summed E-state index contributed by atoms with van der Waals surface area (Å²) in [4.78, 5) is 0. The molecule has 0 aliphatic heterocycles.